The first-order valence-electron chi connectivity index (χ1n) is 6.28. The summed E-state index contributed by atoms with van der Waals surface area (Å²) in [5.74, 6) is 0.349. The first-order valence-corrected chi connectivity index (χ1v) is 6.28. The topological polar surface area (TPSA) is 46.3 Å². The molecule has 15 heavy (non-hydrogen) atoms. The zero-order valence-electron chi connectivity index (χ0n) is 9.50. The number of nitrogens with two attached hydrogens (primary N) is 1. The van der Waals surface area contributed by atoms with Crippen molar-refractivity contribution in [3.8, 4) is 0 Å². The molecule has 0 aromatic carbocycles. The molecule has 2 rings (SSSR count). The summed E-state index contributed by atoms with van der Waals surface area (Å²) in [5, 5.41) is 0. The lowest BCUT2D eigenvalue weighted by Gasteiger charge is -2.37. The first kappa shape index (κ1) is 10.9. The van der Waals surface area contributed by atoms with E-state index in [1.807, 2.05) is 4.90 Å². The summed E-state index contributed by atoms with van der Waals surface area (Å²) >= 11 is 0. The summed E-state index contributed by atoms with van der Waals surface area (Å²) in [6.07, 6.45) is 8.00. The van der Waals surface area contributed by atoms with Crippen LogP contribution in [0, 0.1) is 5.41 Å². The van der Waals surface area contributed by atoms with Gasteiger partial charge in [-0.2, -0.15) is 0 Å². The number of hydrogen-bond acceptors (Lipinski definition) is 2. The summed E-state index contributed by atoms with van der Waals surface area (Å²) in [6.45, 7) is 2.46. The van der Waals surface area contributed by atoms with E-state index in [9.17, 15) is 4.79 Å². The van der Waals surface area contributed by atoms with Gasteiger partial charge in [-0.15, -0.1) is 0 Å². The van der Waals surface area contributed by atoms with E-state index in [-0.39, 0.29) is 5.41 Å². The van der Waals surface area contributed by atoms with Crippen LogP contribution in [0.25, 0.3) is 0 Å². The van der Waals surface area contributed by atoms with Gasteiger partial charge in [0.05, 0.1) is 5.41 Å². The summed E-state index contributed by atoms with van der Waals surface area (Å²) in [4.78, 5) is 14.4. The van der Waals surface area contributed by atoms with Crippen LogP contribution in [0.3, 0.4) is 0 Å². The average molecular weight is 210 g/mol. The Labute approximate surface area is 92.0 Å². The molecule has 2 N–H and O–H groups in total. The fourth-order valence-corrected chi connectivity index (χ4v) is 2.99. The maximum atomic E-state index is 12.4. The Hall–Kier alpha value is -0.570. The van der Waals surface area contributed by atoms with Gasteiger partial charge in [-0.25, -0.2) is 0 Å². The van der Waals surface area contributed by atoms with Gasteiger partial charge in [-0.05, 0) is 25.7 Å². The van der Waals surface area contributed by atoms with E-state index in [1.165, 1.54) is 32.1 Å². The van der Waals surface area contributed by atoms with Crippen molar-refractivity contribution >= 4 is 5.91 Å². The third-order valence-electron chi connectivity index (χ3n) is 4.05. The Morgan fingerprint density at radius 1 is 1.07 bits per heavy atom. The van der Waals surface area contributed by atoms with Gasteiger partial charge >= 0.3 is 0 Å². The van der Waals surface area contributed by atoms with Gasteiger partial charge < -0.3 is 10.6 Å². The quantitative estimate of drug-likeness (QED) is 0.751. The highest BCUT2D eigenvalue weighted by atomic mass is 16.2. The molecule has 0 bridgehead atoms. The molecule has 0 radical (unpaired) electrons. The van der Waals surface area contributed by atoms with E-state index >= 15 is 0 Å². The number of nitrogens with zero attached hydrogens (tertiary/aromatic N) is 1. The zero-order valence-corrected chi connectivity index (χ0v) is 9.50. The van der Waals surface area contributed by atoms with Crippen LogP contribution in [-0.2, 0) is 4.79 Å². The number of amides is 1. The lowest BCUT2D eigenvalue weighted by molar-refractivity contribution is -0.142. The van der Waals surface area contributed by atoms with Gasteiger partial charge in [-0.1, -0.05) is 19.3 Å². The number of rotatable bonds is 2. The average Bonchev–Trinajstić information content (AvgIpc) is 2.82. The maximum absolute atomic E-state index is 12.4. The second kappa shape index (κ2) is 4.52. The number of carbonyl (C=O) groups excluding carboxylic acids is 1. The number of carbonyl (C=O) groups is 1. The molecule has 1 saturated carbocycles. The van der Waals surface area contributed by atoms with E-state index in [0.717, 1.165) is 25.9 Å². The van der Waals surface area contributed by atoms with Crippen LogP contribution in [0.5, 0.6) is 0 Å². The van der Waals surface area contributed by atoms with Crippen LogP contribution in [-0.4, -0.2) is 30.4 Å². The third kappa shape index (κ3) is 2.03. The van der Waals surface area contributed by atoms with Crippen molar-refractivity contribution in [1.82, 2.24) is 4.90 Å². The van der Waals surface area contributed by atoms with Crippen molar-refractivity contribution in [2.45, 2.75) is 44.9 Å². The lowest BCUT2D eigenvalue weighted by atomic mass is 9.73. The van der Waals surface area contributed by atoms with Crippen molar-refractivity contribution in [3.63, 3.8) is 0 Å². The minimum absolute atomic E-state index is 0.192. The van der Waals surface area contributed by atoms with Gasteiger partial charge in [-0.3, -0.25) is 4.79 Å². The Morgan fingerprint density at radius 2 is 1.67 bits per heavy atom. The number of likely N-dealkylation sites (tertiary alicyclic amines) is 1. The number of hydrogen-bond donors (Lipinski definition) is 1. The van der Waals surface area contributed by atoms with Crippen LogP contribution in [0.1, 0.15) is 44.9 Å². The monoisotopic (exact) mass is 210 g/mol. The van der Waals surface area contributed by atoms with E-state index in [2.05, 4.69) is 0 Å². The molecule has 0 unspecified atom stereocenters. The van der Waals surface area contributed by atoms with E-state index < -0.39 is 0 Å². The fourth-order valence-electron chi connectivity index (χ4n) is 2.99. The first-order chi connectivity index (χ1) is 7.28. The van der Waals surface area contributed by atoms with Crippen LogP contribution >= 0.6 is 0 Å². The standard InChI is InChI=1S/C12H22N2O/c13-10-12(6-2-1-3-7-12)11(15)14-8-4-5-9-14/h1-10,13H2. The lowest BCUT2D eigenvalue weighted by Crippen LogP contribution is -2.48. The maximum Gasteiger partial charge on any atom is 0.230 e. The largest absolute Gasteiger partial charge is 0.342 e. The fraction of sp³-hybridized carbons (Fsp3) is 0.917. The molecule has 3 heteroatoms. The SMILES string of the molecule is NCC1(C(=O)N2CCCC2)CCCCC1. The van der Waals surface area contributed by atoms with E-state index in [4.69, 9.17) is 5.73 Å². The molecule has 1 amide bonds. The summed E-state index contributed by atoms with van der Waals surface area (Å²) in [7, 11) is 0. The van der Waals surface area contributed by atoms with Crippen LogP contribution in [0.4, 0.5) is 0 Å². The second-order valence-corrected chi connectivity index (χ2v) is 5.04. The molecule has 2 aliphatic rings. The molecule has 1 saturated heterocycles. The molecule has 0 atom stereocenters. The molecule has 86 valence electrons. The highest BCUT2D eigenvalue weighted by Crippen LogP contribution is 2.37. The Bertz CT molecular complexity index is 228. The highest BCUT2D eigenvalue weighted by molar-refractivity contribution is 5.83. The van der Waals surface area contributed by atoms with Crippen LogP contribution < -0.4 is 5.73 Å². The van der Waals surface area contributed by atoms with Gasteiger partial charge in [0.25, 0.3) is 0 Å². The van der Waals surface area contributed by atoms with E-state index in [1.54, 1.807) is 0 Å². The van der Waals surface area contributed by atoms with Crippen molar-refractivity contribution in [2.24, 2.45) is 11.1 Å². The van der Waals surface area contributed by atoms with Crippen LogP contribution in [0.2, 0.25) is 0 Å². The summed E-state index contributed by atoms with van der Waals surface area (Å²) in [5.41, 5.74) is 5.67. The van der Waals surface area contributed by atoms with Crippen molar-refractivity contribution in [3.05, 3.63) is 0 Å². The smallest absolute Gasteiger partial charge is 0.230 e. The molecule has 1 aliphatic carbocycles. The molecule has 1 heterocycles. The molecule has 1 aliphatic heterocycles. The molecule has 0 spiro atoms. The Balaban J connectivity index is 2.06. The molecule has 2 fully saturated rings. The summed E-state index contributed by atoms with van der Waals surface area (Å²) < 4.78 is 0. The molecule has 0 aromatic heterocycles. The van der Waals surface area contributed by atoms with Crippen molar-refractivity contribution in [1.29, 1.82) is 0 Å². The van der Waals surface area contributed by atoms with E-state index in [0.29, 0.717) is 12.5 Å². The Morgan fingerprint density at radius 3 is 2.20 bits per heavy atom. The third-order valence-corrected chi connectivity index (χ3v) is 4.05. The minimum atomic E-state index is -0.192. The summed E-state index contributed by atoms with van der Waals surface area (Å²) in [6, 6.07) is 0. The molecular weight excluding hydrogens is 188 g/mol. The predicted octanol–water partition coefficient (Wildman–Crippen LogP) is 1.52. The van der Waals surface area contributed by atoms with Gasteiger partial charge in [0, 0.05) is 19.6 Å². The minimum Gasteiger partial charge on any atom is -0.342 e. The molecule has 3 nitrogen and oxygen atoms in total. The zero-order chi connectivity index (χ0) is 10.7. The van der Waals surface area contributed by atoms with Gasteiger partial charge in [0.1, 0.15) is 0 Å². The van der Waals surface area contributed by atoms with Crippen LogP contribution in [0.15, 0.2) is 0 Å². The molecule has 0 aromatic rings. The normalized spacial score (nSPS) is 25.5. The molecular formula is C12H22N2O. The Kier molecular flexibility index (Phi) is 3.29. The highest BCUT2D eigenvalue weighted by Gasteiger charge is 2.41. The van der Waals surface area contributed by atoms with Gasteiger partial charge in [0.2, 0.25) is 5.91 Å². The van der Waals surface area contributed by atoms with Gasteiger partial charge in [0.15, 0.2) is 0 Å². The van der Waals surface area contributed by atoms with Crippen molar-refractivity contribution in [2.75, 3.05) is 19.6 Å². The second-order valence-electron chi connectivity index (χ2n) is 5.04. The van der Waals surface area contributed by atoms with Crippen molar-refractivity contribution < 1.29 is 4.79 Å². The predicted molar refractivity (Wildman–Crippen MR) is 60.4 cm³/mol.